The van der Waals surface area contributed by atoms with Crippen molar-refractivity contribution in [1.82, 2.24) is 10.2 Å². The van der Waals surface area contributed by atoms with Gasteiger partial charge in [-0.2, -0.15) is 0 Å². The minimum atomic E-state index is 0.106. The van der Waals surface area contributed by atoms with Crippen LogP contribution in [0.15, 0.2) is 53.1 Å². The number of rotatable bonds is 8. The fourth-order valence-electron chi connectivity index (χ4n) is 3.50. The first kappa shape index (κ1) is 17.7. The van der Waals surface area contributed by atoms with E-state index in [9.17, 15) is 4.79 Å². The first-order valence-electron chi connectivity index (χ1n) is 9.37. The van der Waals surface area contributed by atoms with E-state index in [0.29, 0.717) is 12.8 Å². The van der Waals surface area contributed by atoms with Gasteiger partial charge in [-0.1, -0.05) is 36.8 Å². The molecule has 4 nitrogen and oxygen atoms in total. The molecule has 1 aromatic carbocycles. The summed E-state index contributed by atoms with van der Waals surface area (Å²) in [6, 6.07) is 14.4. The third kappa shape index (κ3) is 6.05. The smallest absolute Gasteiger partial charge is 0.220 e. The van der Waals surface area contributed by atoms with Crippen LogP contribution in [0, 0.1) is 0 Å². The lowest BCUT2D eigenvalue weighted by molar-refractivity contribution is -0.122. The van der Waals surface area contributed by atoms with Crippen LogP contribution in [0.2, 0.25) is 0 Å². The lowest BCUT2D eigenvalue weighted by atomic mass is 10.0. The molecule has 1 N–H and O–H groups in total. The molecule has 1 saturated heterocycles. The molecule has 0 unspecified atom stereocenters. The fraction of sp³-hybridized carbons (Fsp3) is 0.476. The Kier molecular flexibility index (Phi) is 6.69. The molecule has 1 aromatic heterocycles. The average molecular weight is 340 g/mol. The Morgan fingerprint density at radius 2 is 1.88 bits per heavy atom. The van der Waals surface area contributed by atoms with E-state index in [1.54, 1.807) is 6.26 Å². The van der Waals surface area contributed by atoms with Crippen LogP contribution in [-0.4, -0.2) is 36.5 Å². The second-order valence-electron chi connectivity index (χ2n) is 6.89. The molecule has 0 saturated carbocycles. The number of aryl methyl sites for hydroxylation is 1. The molecule has 0 spiro atoms. The number of amides is 1. The van der Waals surface area contributed by atoms with Crippen molar-refractivity contribution in [3.63, 3.8) is 0 Å². The van der Waals surface area contributed by atoms with Crippen molar-refractivity contribution in [2.24, 2.45) is 0 Å². The van der Waals surface area contributed by atoms with Crippen molar-refractivity contribution in [3.8, 4) is 0 Å². The number of hydrogen-bond acceptors (Lipinski definition) is 3. The molecule has 0 bridgehead atoms. The maximum atomic E-state index is 12.4. The third-order valence-electron chi connectivity index (χ3n) is 4.80. The second kappa shape index (κ2) is 9.42. The van der Waals surface area contributed by atoms with Crippen LogP contribution in [0.1, 0.15) is 37.0 Å². The molecular weight excluding hydrogens is 312 g/mol. The van der Waals surface area contributed by atoms with Gasteiger partial charge in [0, 0.05) is 25.4 Å². The van der Waals surface area contributed by atoms with E-state index in [4.69, 9.17) is 4.42 Å². The van der Waals surface area contributed by atoms with Gasteiger partial charge in [-0.3, -0.25) is 4.79 Å². The van der Waals surface area contributed by atoms with E-state index < -0.39 is 0 Å². The minimum Gasteiger partial charge on any atom is -0.469 e. The molecule has 2 aromatic rings. The van der Waals surface area contributed by atoms with Crippen molar-refractivity contribution >= 4 is 5.91 Å². The number of carbonyl (C=O) groups is 1. The van der Waals surface area contributed by atoms with Gasteiger partial charge in [0.25, 0.3) is 0 Å². The van der Waals surface area contributed by atoms with Gasteiger partial charge in [0.15, 0.2) is 0 Å². The molecule has 4 heteroatoms. The highest BCUT2D eigenvalue weighted by atomic mass is 16.3. The average Bonchev–Trinajstić information content (AvgIpc) is 3.15. The summed E-state index contributed by atoms with van der Waals surface area (Å²) in [5.74, 6) is 0.972. The zero-order chi connectivity index (χ0) is 17.3. The van der Waals surface area contributed by atoms with E-state index in [-0.39, 0.29) is 11.9 Å². The molecule has 1 amide bonds. The second-order valence-corrected chi connectivity index (χ2v) is 6.89. The number of carbonyl (C=O) groups excluding carboxylic acids is 1. The standard InChI is InChI=1S/C21H28N2O2/c24-21(12-11-20-10-7-15-25-20)22-19(16-18-8-3-1-4-9-18)17-23-13-5-2-6-14-23/h1,3-4,7-10,15,19H,2,5-6,11-14,16-17H2,(H,22,24)/t19-/m0/s1. The molecule has 1 atom stereocenters. The van der Waals surface area contributed by atoms with Crippen LogP contribution in [0.4, 0.5) is 0 Å². The Labute approximate surface area is 150 Å². The normalized spacial score (nSPS) is 16.5. The van der Waals surface area contributed by atoms with Gasteiger partial charge in [-0.25, -0.2) is 0 Å². The SMILES string of the molecule is O=C(CCc1ccco1)N[C@@H](Cc1ccccc1)CN1CCCCC1. The monoisotopic (exact) mass is 340 g/mol. The van der Waals surface area contributed by atoms with Gasteiger partial charge < -0.3 is 14.6 Å². The molecule has 1 fully saturated rings. The van der Waals surface area contributed by atoms with Crippen molar-refractivity contribution in [3.05, 3.63) is 60.1 Å². The molecule has 3 rings (SSSR count). The first-order chi connectivity index (χ1) is 12.3. The van der Waals surface area contributed by atoms with Gasteiger partial charge in [-0.15, -0.1) is 0 Å². The van der Waals surface area contributed by atoms with Gasteiger partial charge in [0.1, 0.15) is 5.76 Å². The van der Waals surface area contributed by atoms with Crippen molar-refractivity contribution in [2.45, 2.75) is 44.6 Å². The Bertz CT molecular complexity index is 619. The number of likely N-dealkylation sites (tertiary alicyclic amines) is 1. The zero-order valence-electron chi connectivity index (χ0n) is 14.8. The van der Waals surface area contributed by atoms with Crippen LogP contribution >= 0.6 is 0 Å². The topological polar surface area (TPSA) is 45.5 Å². The predicted molar refractivity (Wildman–Crippen MR) is 99.4 cm³/mol. The van der Waals surface area contributed by atoms with E-state index in [1.165, 1.54) is 24.8 Å². The third-order valence-corrected chi connectivity index (χ3v) is 4.80. The summed E-state index contributed by atoms with van der Waals surface area (Å²) in [6.45, 7) is 3.22. The minimum absolute atomic E-state index is 0.106. The van der Waals surface area contributed by atoms with Gasteiger partial charge in [-0.05, 0) is 50.0 Å². The molecule has 0 radical (unpaired) electrons. The van der Waals surface area contributed by atoms with Gasteiger partial charge in [0.2, 0.25) is 5.91 Å². The summed E-state index contributed by atoms with van der Waals surface area (Å²) < 4.78 is 5.32. The van der Waals surface area contributed by atoms with Crippen LogP contribution in [0.3, 0.4) is 0 Å². The van der Waals surface area contributed by atoms with Crippen LogP contribution < -0.4 is 5.32 Å². The summed E-state index contributed by atoms with van der Waals surface area (Å²) in [7, 11) is 0. The maximum absolute atomic E-state index is 12.4. The Hall–Kier alpha value is -2.07. The summed E-state index contributed by atoms with van der Waals surface area (Å²) in [5, 5.41) is 3.25. The lowest BCUT2D eigenvalue weighted by Crippen LogP contribution is -2.46. The summed E-state index contributed by atoms with van der Waals surface area (Å²) in [5.41, 5.74) is 1.27. The molecule has 2 heterocycles. The Morgan fingerprint density at radius 1 is 1.08 bits per heavy atom. The lowest BCUT2D eigenvalue weighted by Gasteiger charge is -2.31. The predicted octanol–water partition coefficient (Wildman–Crippen LogP) is 3.43. The van der Waals surface area contributed by atoms with Crippen LogP contribution in [-0.2, 0) is 17.6 Å². The van der Waals surface area contributed by atoms with Crippen molar-refractivity contribution in [1.29, 1.82) is 0 Å². The quantitative estimate of drug-likeness (QED) is 0.801. The maximum Gasteiger partial charge on any atom is 0.220 e. The van der Waals surface area contributed by atoms with E-state index >= 15 is 0 Å². The van der Waals surface area contributed by atoms with E-state index in [1.807, 2.05) is 18.2 Å². The van der Waals surface area contributed by atoms with Crippen molar-refractivity contribution in [2.75, 3.05) is 19.6 Å². The molecule has 1 aliphatic rings. The van der Waals surface area contributed by atoms with E-state index in [0.717, 1.165) is 31.8 Å². The fourth-order valence-corrected chi connectivity index (χ4v) is 3.50. The van der Waals surface area contributed by atoms with Gasteiger partial charge in [0.05, 0.1) is 6.26 Å². The summed E-state index contributed by atoms with van der Waals surface area (Å²) in [4.78, 5) is 14.9. The molecule has 1 aliphatic heterocycles. The number of hydrogen-bond donors (Lipinski definition) is 1. The Balaban J connectivity index is 1.55. The number of furan rings is 1. The zero-order valence-corrected chi connectivity index (χ0v) is 14.8. The number of nitrogens with one attached hydrogen (secondary N) is 1. The molecular formula is C21H28N2O2. The molecule has 0 aliphatic carbocycles. The van der Waals surface area contributed by atoms with Crippen LogP contribution in [0.25, 0.3) is 0 Å². The van der Waals surface area contributed by atoms with E-state index in [2.05, 4.69) is 34.5 Å². The Morgan fingerprint density at radius 3 is 2.60 bits per heavy atom. The highest BCUT2D eigenvalue weighted by Crippen LogP contribution is 2.12. The van der Waals surface area contributed by atoms with Gasteiger partial charge >= 0.3 is 0 Å². The molecule has 134 valence electrons. The number of nitrogens with zero attached hydrogens (tertiary/aromatic N) is 1. The van der Waals surface area contributed by atoms with Crippen LogP contribution in [0.5, 0.6) is 0 Å². The molecule has 25 heavy (non-hydrogen) atoms. The highest BCUT2D eigenvalue weighted by Gasteiger charge is 2.19. The van der Waals surface area contributed by atoms with Crippen molar-refractivity contribution < 1.29 is 9.21 Å². The first-order valence-corrected chi connectivity index (χ1v) is 9.37. The summed E-state index contributed by atoms with van der Waals surface area (Å²) >= 11 is 0. The highest BCUT2D eigenvalue weighted by molar-refractivity contribution is 5.76. The largest absolute Gasteiger partial charge is 0.469 e. The number of benzene rings is 1. The summed E-state index contributed by atoms with van der Waals surface area (Å²) in [6.07, 6.45) is 7.52. The number of piperidine rings is 1.